The summed E-state index contributed by atoms with van der Waals surface area (Å²) in [6, 6.07) is 13.4. The maximum Gasteiger partial charge on any atom is 0.132 e. The molecule has 1 N–H and O–H groups in total. The summed E-state index contributed by atoms with van der Waals surface area (Å²) in [4.78, 5) is 2.43. The topological polar surface area (TPSA) is 69.6 Å². The molecule has 1 fully saturated rings. The molecule has 5 heteroatoms. The van der Waals surface area contributed by atoms with Crippen LogP contribution >= 0.6 is 0 Å². The van der Waals surface area contributed by atoms with E-state index in [1.165, 1.54) is 6.42 Å². The van der Waals surface area contributed by atoms with Crippen molar-refractivity contribution in [3.8, 4) is 11.8 Å². The lowest BCUT2D eigenvalue weighted by atomic mass is 10.1. The van der Waals surface area contributed by atoms with Gasteiger partial charge in [-0.3, -0.25) is 0 Å². The lowest BCUT2D eigenvalue weighted by molar-refractivity contribution is 0.0997. The fraction of sp³-hybridized carbons (Fsp3) is 0.450. The van der Waals surface area contributed by atoms with E-state index < -0.39 is 6.10 Å². The summed E-state index contributed by atoms with van der Waals surface area (Å²) < 4.78 is 11.0. The van der Waals surface area contributed by atoms with Crippen LogP contribution in [0.5, 0.6) is 5.75 Å². The van der Waals surface area contributed by atoms with Gasteiger partial charge < -0.3 is 19.2 Å². The Bertz CT molecular complexity index is 693. The van der Waals surface area contributed by atoms with E-state index in [1.54, 1.807) is 18.4 Å². The minimum Gasteiger partial charge on any atom is -0.494 e. The second-order valence-electron chi connectivity index (χ2n) is 6.44. The number of furan rings is 1. The standard InChI is InChI=1S/C20H24N2O3/c21-15-16-5-1-7-18(13-16)24-12-4-10-22-9-2-6-17(22)14-19(23)20-8-3-11-25-20/h1,3,5,7-8,11,13,17,19,23H,2,4,6,9-10,12,14H2. The quantitative estimate of drug-likeness (QED) is 0.745. The van der Waals surface area contributed by atoms with Gasteiger partial charge in [0.25, 0.3) is 0 Å². The van der Waals surface area contributed by atoms with Crippen LogP contribution in [0.2, 0.25) is 0 Å². The average Bonchev–Trinajstić information content (AvgIpc) is 3.31. The van der Waals surface area contributed by atoms with Crippen molar-refractivity contribution in [2.75, 3.05) is 19.7 Å². The van der Waals surface area contributed by atoms with Gasteiger partial charge >= 0.3 is 0 Å². The fourth-order valence-electron chi connectivity index (χ4n) is 3.42. The lowest BCUT2D eigenvalue weighted by Crippen LogP contribution is -2.32. The number of hydrogen-bond donors (Lipinski definition) is 1. The fourth-order valence-corrected chi connectivity index (χ4v) is 3.42. The minimum absolute atomic E-state index is 0.391. The van der Waals surface area contributed by atoms with Crippen LogP contribution in [0.4, 0.5) is 0 Å². The van der Waals surface area contributed by atoms with Crippen LogP contribution in [0.3, 0.4) is 0 Å². The molecule has 0 aliphatic carbocycles. The predicted octanol–water partition coefficient (Wildman–Crippen LogP) is 3.51. The van der Waals surface area contributed by atoms with E-state index in [4.69, 9.17) is 14.4 Å². The molecule has 1 aliphatic heterocycles. The molecule has 3 rings (SSSR count). The SMILES string of the molecule is N#Cc1cccc(OCCCN2CCCC2CC(O)c2ccco2)c1. The molecule has 5 nitrogen and oxygen atoms in total. The van der Waals surface area contributed by atoms with Gasteiger partial charge in [-0.1, -0.05) is 6.07 Å². The summed E-state index contributed by atoms with van der Waals surface area (Å²) in [5.41, 5.74) is 0.615. The summed E-state index contributed by atoms with van der Waals surface area (Å²) in [5, 5.41) is 19.2. The van der Waals surface area contributed by atoms with Crippen LogP contribution in [0, 0.1) is 11.3 Å². The average molecular weight is 340 g/mol. The van der Waals surface area contributed by atoms with Crippen LogP contribution < -0.4 is 4.74 Å². The maximum absolute atomic E-state index is 10.3. The number of hydrogen-bond acceptors (Lipinski definition) is 5. The van der Waals surface area contributed by atoms with Crippen LogP contribution in [0.1, 0.15) is 43.1 Å². The molecule has 1 saturated heterocycles. The minimum atomic E-state index is -0.537. The van der Waals surface area contributed by atoms with Gasteiger partial charge in [-0.15, -0.1) is 0 Å². The van der Waals surface area contributed by atoms with E-state index in [2.05, 4.69) is 11.0 Å². The Morgan fingerprint density at radius 2 is 2.28 bits per heavy atom. The van der Waals surface area contributed by atoms with E-state index in [-0.39, 0.29) is 0 Å². The Balaban J connectivity index is 1.42. The summed E-state index contributed by atoms with van der Waals surface area (Å²) in [6.07, 6.45) is 4.97. The van der Waals surface area contributed by atoms with E-state index in [1.807, 2.05) is 24.3 Å². The van der Waals surface area contributed by atoms with E-state index >= 15 is 0 Å². The first kappa shape index (κ1) is 17.5. The van der Waals surface area contributed by atoms with Gasteiger partial charge in [0.1, 0.15) is 17.6 Å². The van der Waals surface area contributed by atoms with Gasteiger partial charge in [0, 0.05) is 12.6 Å². The van der Waals surface area contributed by atoms with Crippen molar-refractivity contribution >= 4 is 0 Å². The maximum atomic E-state index is 10.3. The van der Waals surface area contributed by atoms with Gasteiger partial charge in [-0.2, -0.15) is 5.26 Å². The van der Waals surface area contributed by atoms with Crippen molar-refractivity contribution < 1.29 is 14.3 Å². The van der Waals surface area contributed by atoms with Gasteiger partial charge in [0.05, 0.1) is 24.5 Å². The monoisotopic (exact) mass is 340 g/mol. The highest BCUT2D eigenvalue weighted by Gasteiger charge is 2.27. The Labute approximate surface area is 148 Å². The normalized spacial score (nSPS) is 18.8. The van der Waals surface area contributed by atoms with Gasteiger partial charge in [-0.25, -0.2) is 0 Å². The molecule has 1 aromatic heterocycles. The zero-order chi connectivity index (χ0) is 17.5. The van der Waals surface area contributed by atoms with Crippen molar-refractivity contribution in [3.63, 3.8) is 0 Å². The zero-order valence-electron chi connectivity index (χ0n) is 14.3. The zero-order valence-corrected chi connectivity index (χ0v) is 14.3. The van der Waals surface area contributed by atoms with E-state index in [0.29, 0.717) is 30.4 Å². The molecule has 2 atom stereocenters. The molecule has 0 radical (unpaired) electrons. The Hall–Kier alpha value is -2.29. The van der Waals surface area contributed by atoms with Crippen molar-refractivity contribution in [1.82, 2.24) is 4.90 Å². The third kappa shape index (κ3) is 4.85. The third-order valence-corrected chi connectivity index (χ3v) is 4.69. The number of rotatable bonds is 8. The second kappa shape index (κ2) is 8.70. The summed E-state index contributed by atoms with van der Waals surface area (Å²) in [5.74, 6) is 1.39. The first-order valence-electron chi connectivity index (χ1n) is 8.85. The highest BCUT2D eigenvalue weighted by molar-refractivity contribution is 5.36. The largest absolute Gasteiger partial charge is 0.494 e. The first-order chi connectivity index (χ1) is 12.3. The summed E-state index contributed by atoms with van der Waals surface area (Å²) in [7, 11) is 0. The molecule has 2 heterocycles. The van der Waals surface area contributed by atoms with Gasteiger partial charge in [-0.05, 0) is 62.6 Å². The molecular weight excluding hydrogens is 316 g/mol. The second-order valence-corrected chi connectivity index (χ2v) is 6.44. The molecule has 0 spiro atoms. The number of nitrogens with zero attached hydrogens (tertiary/aromatic N) is 2. The Kier molecular flexibility index (Phi) is 6.10. The summed E-state index contributed by atoms with van der Waals surface area (Å²) in [6.45, 7) is 2.64. The molecule has 1 aliphatic rings. The van der Waals surface area contributed by atoms with Crippen LogP contribution in [0.15, 0.2) is 47.1 Å². The predicted molar refractivity (Wildman–Crippen MR) is 94.1 cm³/mol. The van der Waals surface area contributed by atoms with Crippen molar-refractivity contribution in [2.45, 2.75) is 37.8 Å². The Morgan fingerprint density at radius 3 is 3.08 bits per heavy atom. The van der Waals surface area contributed by atoms with Crippen LogP contribution in [-0.4, -0.2) is 35.7 Å². The number of likely N-dealkylation sites (tertiary alicyclic amines) is 1. The number of aliphatic hydroxyl groups excluding tert-OH is 1. The van der Waals surface area contributed by atoms with Crippen LogP contribution in [-0.2, 0) is 0 Å². The molecular formula is C20H24N2O3. The number of aliphatic hydroxyl groups is 1. The van der Waals surface area contributed by atoms with Crippen LogP contribution in [0.25, 0.3) is 0 Å². The van der Waals surface area contributed by atoms with Crippen molar-refractivity contribution in [1.29, 1.82) is 5.26 Å². The van der Waals surface area contributed by atoms with Crippen molar-refractivity contribution in [3.05, 3.63) is 54.0 Å². The molecule has 2 aromatic rings. The molecule has 25 heavy (non-hydrogen) atoms. The summed E-state index contributed by atoms with van der Waals surface area (Å²) >= 11 is 0. The smallest absolute Gasteiger partial charge is 0.132 e. The lowest BCUT2D eigenvalue weighted by Gasteiger charge is -2.25. The molecule has 0 bridgehead atoms. The number of nitriles is 1. The van der Waals surface area contributed by atoms with Crippen molar-refractivity contribution in [2.24, 2.45) is 0 Å². The van der Waals surface area contributed by atoms with E-state index in [9.17, 15) is 5.11 Å². The molecule has 1 aromatic carbocycles. The highest BCUT2D eigenvalue weighted by atomic mass is 16.5. The van der Waals surface area contributed by atoms with Gasteiger partial charge in [0.15, 0.2) is 0 Å². The van der Waals surface area contributed by atoms with Gasteiger partial charge in [0.2, 0.25) is 0 Å². The highest BCUT2D eigenvalue weighted by Crippen LogP contribution is 2.27. The van der Waals surface area contributed by atoms with E-state index in [0.717, 1.165) is 31.7 Å². The number of benzene rings is 1. The molecule has 132 valence electrons. The molecule has 0 saturated carbocycles. The number of ether oxygens (including phenoxy) is 1. The third-order valence-electron chi connectivity index (χ3n) is 4.69. The first-order valence-corrected chi connectivity index (χ1v) is 8.85. The molecule has 0 amide bonds. The molecule has 2 unspecified atom stereocenters. The Morgan fingerprint density at radius 1 is 1.36 bits per heavy atom.